The van der Waals surface area contributed by atoms with E-state index in [0.29, 0.717) is 12.7 Å². The van der Waals surface area contributed by atoms with Gasteiger partial charge in [-0.2, -0.15) is 0 Å². The van der Waals surface area contributed by atoms with Crippen molar-refractivity contribution < 1.29 is 12.7 Å². The summed E-state index contributed by atoms with van der Waals surface area (Å²) in [6, 6.07) is 37.6. The van der Waals surface area contributed by atoms with Gasteiger partial charge in [0.15, 0.2) is 11.7 Å². The number of hydrogen-bond donors (Lipinski definition) is 0. The number of likely N-dealkylation sites (N-methyl/N-ethyl adjacent to an activating group) is 2. The third-order valence-corrected chi connectivity index (χ3v) is 6.11. The van der Waals surface area contributed by atoms with Crippen LogP contribution >= 0.6 is 20.4 Å². The number of halogens is 2. The standard InChI is InChI=1S/C30H28N4.2ClH.Ni/c1-33-21-22-34(2)30(32-28-19-15-26(16-20-28)24-11-7-4-8-12-24)29(33)31-27-17-13-25(14-18-27)23-9-5-3-6-10-23;;;/h3-20H,21-22H2,1-2H3;2*1H;/q;;;+2/p-2. The van der Waals surface area contributed by atoms with Gasteiger partial charge in [-0.15, -0.1) is 0 Å². The molecule has 0 N–H and O–H groups in total. The van der Waals surface area contributed by atoms with E-state index in [1.807, 2.05) is 12.1 Å². The maximum absolute atomic E-state index is 5.00. The molecular weight excluding hydrogens is 546 g/mol. The van der Waals surface area contributed by atoms with Gasteiger partial charge in [0.05, 0.1) is 11.4 Å². The Morgan fingerprint density at radius 2 is 0.811 bits per heavy atom. The second-order valence-corrected chi connectivity index (χ2v) is 10.2. The number of piperazine rings is 1. The van der Waals surface area contributed by atoms with Crippen molar-refractivity contribution >= 4 is 43.4 Å². The van der Waals surface area contributed by atoms with Crippen molar-refractivity contribution in [2.24, 2.45) is 9.98 Å². The topological polar surface area (TPSA) is 31.2 Å². The molecule has 7 heteroatoms. The second kappa shape index (κ2) is 13.4. The van der Waals surface area contributed by atoms with Gasteiger partial charge in [0.2, 0.25) is 0 Å². The molecule has 4 nitrogen and oxygen atoms in total. The first-order valence-corrected chi connectivity index (χ1v) is 14.5. The van der Waals surface area contributed by atoms with Crippen molar-refractivity contribution in [2.75, 3.05) is 27.2 Å². The van der Waals surface area contributed by atoms with Gasteiger partial charge in [0.25, 0.3) is 0 Å². The average molecular weight is 574 g/mol. The first-order valence-electron chi connectivity index (χ1n) is 11.8. The Morgan fingerprint density at radius 1 is 0.514 bits per heavy atom. The molecule has 4 aromatic carbocycles. The van der Waals surface area contributed by atoms with Crippen molar-refractivity contribution in [1.29, 1.82) is 0 Å². The van der Waals surface area contributed by atoms with Gasteiger partial charge >= 0.3 is 33.0 Å². The molecule has 1 aliphatic heterocycles. The molecule has 0 radical (unpaired) electrons. The zero-order valence-electron chi connectivity index (χ0n) is 20.7. The van der Waals surface area contributed by atoms with Crippen LogP contribution in [0.25, 0.3) is 22.3 Å². The number of nitrogens with zero attached hydrogens (tertiary/aromatic N) is 4. The summed E-state index contributed by atoms with van der Waals surface area (Å²) in [4.78, 5) is 14.4. The Kier molecular flexibility index (Phi) is 9.79. The van der Waals surface area contributed by atoms with Gasteiger partial charge < -0.3 is 9.80 Å². The molecule has 1 fully saturated rings. The summed E-state index contributed by atoms with van der Waals surface area (Å²) in [6.45, 7) is 1.81. The predicted octanol–water partition coefficient (Wildman–Crippen LogP) is 8.03. The van der Waals surface area contributed by atoms with E-state index in [2.05, 4.69) is 121 Å². The molecule has 0 saturated carbocycles. The van der Waals surface area contributed by atoms with Crippen molar-refractivity contribution in [3.05, 3.63) is 109 Å². The predicted molar refractivity (Wildman–Crippen MR) is 155 cm³/mol. The maximum atomic E-state index is 5.00. The van der Waals surface area contributed by atoms with Crippen LogP contribution in [0.15, 0.2) is 119 Å². The molecule has 0 unspecified atom stereocenters. The van der Waals surface area contributed by atoms with E-state index in [4.69, 9.17) is 30.4 Å². The number of benzene rings is 4. The van der Waals surface area contributed by atoms with E-state index in [-0.39, 0.29) is 0 Å². The van der Waals surface area contributed by atoms with Crippen LogP contribution < -0.4 is 0 Å². The van der Waals surface area contributed by atoms with E-state index in [1.165, 1.54) is 22.3 Å². The average Bonchev–Trinajstić information content (AvgIpc) is 2.95. The quantitative estimate of drug-likeness (QED) is 0.231. The minimum absolute atomic E-state index is 0.569. The van der Waals surface area contributed by atoms with Gasteiger partial charge in [-0.25, -0.2) is 9.98 Å². The first kappa shape index (κ1) is 26.9. The Balaban J connectivity index is 0.00000102. The van der Waals surface area contributed by atoms with Crippen molar-refractivity contribution in [2.45, 2.75) is 0 Å². The van der Waals surface area contributed by atoms with E-state index < -0.39 is 0 Å². The fourth-order valence-corrected chi connectivity index (χ4v) is 4.09. The molecule has 4 aromatic rings. The van der Waals surface area contributed by atoms with Crippen molar-refractivity contribution in [3.8, 4) is 22.3 Å². The Morgan fingerprint density at radius 3 is 1.14 bits per heavy atom. The molecule has 0 amide bonds. The summed E-state index contributed by atoms with van der Waals surface area (Å²) in [5.41, 5.74) is 6.62. The van der Waals surface area contributed by atoms with Gasteiger partial charge in [0.1, 0.15) is 0 Å². The van der Waals surface area contributed by atoms with E-state index in [9.17, 15) is 0 Å². The summed E-state index contributed by atoms with van der Waals surface area (Å²) in [7, 11) is 13.6. The number of rotatable bonds is 4. The van der Waals surface area contributed by atoms with Gasteiger partial charge in [-0.05, 0) is 46.5 Å². The zero-order valence-corrected chi connectivity index (χ0v) is 23.2. The molecule has 37 heavy (non-hydrogen) atoms. The summed E-state index contributed by atoms with van der Waals surface area (Å²) in [5, 5.41) is 0. The molecule has 5 rings (SSSR count). The molecular formula is C30H28Cl2N4Ni. The summed E-state index contributed by atoms with van der Waals surface area (Å²) in [5.74, 6) is 1.77. The molecule has 0 aromatic heterocycles. The van der Waals surface area contributed by atoms with Crippen LogP contribution in [0.1, 0.15) is 0 Å². The monoisotopic (exact) mass is 572 g/mol. The van der Waals surface area contributed by atoms with Crippen LogP contribution in [0.2, 0.25) is 0 Å². The molecule has 192 valence electrons. The Bertz CT molecular complexity index is 1220. The fraction of sp³-hybridized carbons (Fsp3) is 0.133. The van der Waals surface area contributed by atoms with Crippen LogP contribution in [-0.2, 0) is 12.7 Å². The number of aliphatic imine (C=N–C) groups is 2. The molecule has 0 aliphatic carbocycles. The van der Waals surface area contributed by atoms with Crippen LogP contribution in [0.4, 0.5) is 11.4 Å². The third kappa shape index (κ3) is 7.23. The van der Waals surface area contributed by atoms with E-state index in [0.717, 1.165) is 36.1 Å². The van der Waals surface area contributed by atoms with Crippen LogP contribution in [0, 0.1) is 0 Å². The molecule has 1 heterocycles. The number of amidine groups is 2. The molecule has 0 spiro atoms. The zero-order chi connectivity index (χ0) is 26.0. The Labute approximate surface area is 233 Å². The van der Waals surface area contributed by atoms with Gasteiger partial charge in [0, 0.05) is 27.2 Å². The fourth-order valence-electron chi connectivity index (χ4n) is 4.09. The molecule has 0 atom stereocenters. The summed E-state index contributed by atoms with van der Waals surface area (Å²) < 4.78 is 0. The van der Waals surface area contributed by atoms with Crippen molar-refractivity contribution in [1.82, 2.24) is 9.80 Å². The third-order valence-electron chi connectivity index (χ3n) is 6.11. The SMILES string of the molecule is CN1CCN(C)C(=Nc2ccc(-c3ccccc3)cc2)C1=Nc1ccc(-c2ccccc2)cc1.[Cl][Ni][Cl]. The first-order chi connectivity index (χ1) is 18.1. The van der Waals surface area contributed by atoms with Crippen LogP contribution in [0.5, 0.6) is 0 Å². The van der Waals surface area contributed by atoms with Crippen LogP contribution in [-0.4, -0.2) is 48.7 Å². The normalized spacial score (nSPS) is 15.6. The van der Waals surface area contributed by atoms with Crippen LogP contribution in [0.3, 0.4) is 0 Å². The Hall–Kier alpha value is -3.11. The molecule has 0 bridgehead atoms. The van der Waals surface area contributed by atoms with Crippen molar-refractivity contribution in [3.63, 3.8) is 0 Å². The summed E-state index contributed by atoms with van der Waals surface area (Å²) >= 11 is 0.569. The molecule has 1 aliphatic rings. The molecule has 1 saturated heterocycles. The minimum atomic E-state index is 0.569. The number of hydrogen-bond acceptors (Lipinski definition) is 2. The van der Waals surface area contributed by atoms with Gasteiger partial charge in [-0.1, -0.05) is 84.9 Å². The van der Waals surface area contributed by atoms with E-state index >= 15 is 0 Å². The summed E-state index contributed by atoms with van der Waals surface area (Å²) in [6.07, 6.45) is 0. The second-order valence-electron chi connectivity index (χ2n) is 8.58. The van der Waals surface area contributed by atoms with E-state index in [1.54, 1.807) is 0 Å². The van der Waals surface area contributed by atoms with Gasteiger partial charge in [-0.3, -0.25) is 0 Å².